The highest BCUT2D eigenvalue weighted by molar-refractivity contribution is 5.83. The zero-order valence-electron chi connectivity index (χ0n) is 16.9. The molecule has 0 saturated carbocycles. The Kier molecular flexibility index (Phi) is 8.09. The van der Waals surface area contributed by atoms with Gasteiger partial charge in [0.15, 0.2) is 0 Å². The standard InChI is InChI=1S/C21H33N3O4/c1-26-17-21(6-8-22-9-7-21)20(25)23-16-18-4-2-3-5-19(18)28-15-12-24-10-13-27-14-11-24/h2-5,22H,6-17H2,1H3,(H,23,25). The highest BCUT2D eigenvalue weighted by atomic mass is 16.5. The molecule has 0 atom stereocenters. The molecular weight excluding hydrogens is 358 g/mol. The number of benzene rings is 1. The number of rotatable bonds is 9. The fourth-order valence-corrected chi connectivity index (χ4v) is 3.88. The number of nitrogens with one attached hydrogen (secondary N) is 2. The first-order valence-electron chi connectivity index (χ1n) is 10.2. The zero-order valence-corrected chi connectivity index (χ0v) is 16.9. The van der Waals surface area contributed by atoms with Gasteiger partial charge in [0.25, 0.3) is 0 Å². The highest BCUT2D eigenvalue weighted by Gasteiger charge is 2.39. The van der Waals surface area contributed by atoms with E-state index in [0.29, 0.717) is 19.8 Å². The SMILES string of the molecule is COCC1(C(=O)NCc2ccccc2OCCN2CCOCC2)CCNCC1. The third-order valence-corrected chi connectivity index (χ3v) is 5.64. The van der Waals surface area contributed by atoms with Crippen LogP contribution < -0.4 is 15.4 Å². The molecule has 2 aliphatic heterocycles. The number of carbonyl (C=O) groups excluding carboxylic acids is 1. The first-order chi connectivity index (χ1) is 13.7. The Balaban J connectivity index is 1.52. The minimum atomic E-state index is -0.438. The maximum atomic E-state index is 12.9. The normalized spacial score (nSPS) is 19.9. The van der Waals surface area contributed by atoms with Gasteiger partial charge < -0.3 is 24.8 Å². The molecule has 156 valence electrons. The minimum absolute atomic E-state index is 0.0685. The van der Waals surface area contributed by atoms with Crippen LogP contribution in [0.3, 0.4) is 0 Å². The summed E-state index contributed by atoms with van der Waals surface area (Å²) in [6.45, 7) is 7.62. The van der Waals surface area contributed by atoms with E-state index in [2.05, 4.69) is 15.5 Å². The predicted octanol–water partition coefficient (Wildman–Crippen LogP) is 1.03. The van der Waals surface area contributed by atoms with E-state index in [-0.39, 0.29) is 5.91 Å². The quantitative estimate of drug-likeness (QED) is 0.655. The molecule has 0 radical (unpaired) electrons. The van der Waals surface area contributed by atoms with Gasteiger partial charge in [0.1, 0.15) is 12.4 Å². The Bertz CT molecular complexity index is 608. The van der Waals surface area contributed by atoms with E-state index < -0.39 is 5.41 Å². The lowest BCUT2D eigenvalue weighted by atomic mass is 9.78. The topological polar surface area (TPSA) is 72.1 Å². The molecule has 2 N–H and O–H groups in total. The molecular formula is C21H33N3O4. The van der Waals surface area contributed by atoms with Gasteiger partial charge in [0.05, 0.1) is 25.2 Å². The van der Waals surface area contributed by atoms with Gasteiger partial charge in [0, 0.05) is 38.9 Å². The van der Waals surface area contributed by atoms with Crippen LogP contribution in [0.25, 0.3) is 0 Å². The van der Waals surface area contributed by atoms with Crippen LogP contribution in [0.2, 0.25) is 0 Å². The first-order valence-corrected chi connectivity index (χ1v) is 10.2. The van der Waals surface area contributed by atoms with E-state index in [0.717, 1.165) is 70.1 Å². The lowest BCUT2D eigenvalue weighted by Crippen LogP contribution is -2.50. The molecule has 0 bridgehead atoms. The van der Waals surface area contributed by atoms with Crippen LogP contribution in [0.4, 0.5) is 0 Å². The Morgan fingerprint density at radius 3 is 2.75 bits per heavy atom. The van der Waals surface area contributed by atoms with E-state index in [1.807, 2.05) is 24.3 Å². The maximum absolute atomic E-state index is 12.9. The number of hydrogen-bond acceptors (Lipinski definition) is 6. The highest BCUT2D eigenvalue weighted by Crippen LogP contribution is 2.30. The number of para-hydroxylation sites is 1. The van der Waals surface area contributed by atoms with Crippen molar-refractivity contribution in [1.29, 1.82) is 0 Å². The summed E-state index contributed by atoms with van der Waals surface area (Å²) >= 11 is 0. The number of methoxy groups -OCH3 is 1. The molecule has 28 heavy (non-hydrogen) atoms. The van der Waals surface area contributed by atoms with Gasteiger partial charge in [-0.15, -0.1) is 0 Å². The Morgan fingerprint density at radius 1 is 1.25 bits per heavy atom. The molecule has 7 nitrogen and oxygen atoms in total. The summed E-state index contributed by atoms with van der Waals surface area (Å²) in [5.74, 6) is 0.904. The van der Waals surface area contributed by atoms with Crippen LogP contribution in [0.5, 0.6) is 5.75 Å². The molecule has 0 spiro atoms. The summed E-state index contributed by atoms with van der Waals surface area (Å²) in [5, 5.41) is 6.44. The molecule has 1 aromatic rings. The van der Waals surface area contributed by atoms with Crippen molar-refractivity contribution in [2.75, 3.05) is 66.3 Å². The molecule has 0 aromatic heterocycles. The number of hydrogen-bond donors (Lipinski definition) is 2. The summed E-state index contributed by atoms with van der Waals surface area (Å²) < 4.78 is 16.8. The molecule has 7 heteroatoms. The van der Waals surface area contributed by atoms with Crippen molar-refractivity contribution < 1.29 is 19.0 Å². The van der Waals surface area contributed by atoms with Crippen molar-refractivity contribution in [1.82, 2.24) is 15.5 Å². The second-order valence-electron chi connectivity index (χ2n) is 7.56. The molecule has 2 aliphatic rings. The van der Waals surface area contributed by atoms with Crippen molar-refractivity contribution in [2.24, 2.45) is 5.41 Å². The summed E-state index contributed by atoms with van der Waals surface area (Å²) in [7, 11) is 1.66. The van der Waals surface area contributed by atoms with Crippen molar-refractivity contribution in [2.45, 2.75) is 19.4 Å². The van der Waals surface area contributed by atoms with E-state index in [1.54, 1.807) is 7.11 Å². The van der Waals surface area contributed by atoms with E-state index >= 15 is 0 Å². The van der Waals surface area contributed by atoms with Crippen LogP contribution in [-0.4, -0.2) is 77.1 Å². The van der Waals surface area contributed by atoms with Crippen molar-refractivity contribution in [3.8, 4) is 5.75 Å². The third kappa shape index (κ3) is 5.67. The second-order valence-corrected chi connectivity index (χ2v) is 7.56. The number of carbonyl (C=O) groups is 1. The maximum Gasteiger partial charge on any atom is 0.228 e. The summed E-state index contributed by atoms with van der Waals surface area (Å²) in [6, 6.07) is 7.92. The van der Waals surface area contributed by atoms with E-state index in [1.165, 1.54) is 0 Å². The molecule has 3 rings (SSSR count). The minimum Gasteiger partial charge on any atom is -0.492 e. The van der Waals surface area contributed by atoms with Gasteiger partial charge in [-0.3, -0.25) is 9.69 Å². The van der Waals surface area contributed by atoms with Gasteiger partial charge in [-0.1, -0.05) is 18.2 Å². The van der Waals surface area contributed by atoms with Crippen molar-refractivity contribution >= 4 is 5.91 Å². The van der Waals surface area contributed by atoms with Gasteiger partial charge >= 0.3 is 0 Å². The summed E-state index contributed by atoms with van der Waals surface area (Å²) in [4.78, 5) is 15.3. The number of morpholine rings is 1. The van der Waals surface area contributed by atoms with Gasteiger partial charge in [-0.05, 0) is 32.0 Å². The average Bonchev–Trinajstić information content (AvgIpc) is 2.74. The van der Waals surface area contributed by atoms with Gasteiger partial charge in [-0.25, -0.2) is 0 Å². The lowest BCUT2D eigenvalue weighted by Gasteiger charge is -2.35. The summed E-state index contributed by atoms with van der Waals surface area (Å²) in [5.41, 5.74) is 0.561. The van der Waals surface area contributed by atoms with E-state index in [9.17, 15) is 4.79 Å². The molecule has 0 unspecified atom stereocenters. The van der Waals surface area contributed by atoms with Crippen LogP contribution >= 0.6 is 0 Å². The van der Waals surface area contributed by atoms with Gasteiger partial charge in [-0.2, -0.15) is 0 Å². The Morgan fingerprint density at radius 2 is 2.00 bits per heavy atom. The summed E-state index contributed by atoms with van der Waals surface area (Å²) in [6.07, 6.45) is 1.59. The lowest BCUT2D eigenvalue weighted by molar-refractivity contribution is -0.136. The second kappa shape index (κ2) is 10.8. The fraction of sp³-hybridized carbons (Fsp3) is 0.667. The molecule has 2 heterocycles. The number of ether oxygens (including phenoxy) is 3. The van der Waals surface area contributed by atoms with Crippen LogP contribution in [0.1, 0.15) is 18.4 Å². The molecule has 1 aromatic carbocycles. The van der Waals surface area contributed by atoms with E-state index in [4.69, 9.17) is 14.2 Å². The molecule has 1 amide bonds. The third-order valence-electron chi connectivity index (χ3n) is 5.64. The molecule has 2 saturated heterocycles. The monoisotopic (exact) mass is 391 g/mol. The number of piperidine rings is 1. The van der Waals surface area contributed by atoms with Crippen molar-refractivity contribution in [3.05, 3.63) is 29.8 Å². The van der Waals surface area contributed by atoms with Crippen LogP contribution in [0, 0.1) is 5.41 Å². The fourth-order valence-electron chi connectivity index (χ4n) is 3.88. The Labute approximate surface area is 167 Å². The average molecular weight is 392 g/mol. The van der Waals surface area contributed by atoms with Crippen LogP contribution in [-0.2, 0) is 20.8 Å². The number of nitrogens with zero attached hydrogens (tertiary/aromatic N) is 1. The smallest absolute Gasteiger partial charge is 0.228 e. The Hall–Kier alpha value is -1.67. The molecule has 0 aliphatic carbocycles. The zero-order chi connectivity index (χ0) is 19.7. The first kappa shape index (κ1) is 21.0. The molecule has 2 fully saturated rings. The van der Waals surface area contributed by atoms with Crippen molar-refractivity contribution in [3.63, 3.8) is 0 Å². The largest absolute Gasteiger partial charge is 0.492 e. The van der Waals surface area contributed by atoms with Crippen LogP contribution in [0.15, 0.2) is 24.3 Å². The van der Waals surface area contributed by atoms with Gasteiger partial charge in [0.2, 0.25) is 5.91 Å². The predicted molar refractivity (Wildman–Crippen MR) is 107 cm³/mol. The number of amides is 1.